The topological polar surface area (TPSA) is 144 Å². The van der Waals surface area contributed by atoms with Crippen LogP contribution in [0.2, 0.25) is 0 Å². The summed E-state index contributed by atoms with van der Waals surface area (Å²) in [5, 5.41) is 11.2. The van der Waals surface area contributed by atoms with Crippen molar-refractivity contribution in [3.05, 3.63) is 95.6 Å². The third-order valence-corrected chi connectivity index (χ3v) is 7.65. The minimum Gasteiger partial charge on any atom is -0.460 e. The van der Waals surface area contributed by atoms with E-state index in [1.807, 2.05) is 66.7 Å². The molecule has 11 heteroatoms. The fourth-order valence-electron chi connectivity index (χ4n) is 5.41. The number of rotatable bonds is 16. The van der Waals surface area contributed by atoms with E-state index in [1.54, 1.807) is 20.8 Å². The zero-order valence-electron chi connectivity index (χ0n) is 27.9. The van der Waals surface area contributed by atoms with E-state index in [1.165, 1.54) is 0 Å². The number of ether oxygens (including phenoxy) is 3. The Morgan fingerprint density at radius 3 is 2.04 bits per heavy atom. The molecule has 0 aliphatic heterocycles. The smallest absolute Gasteiger partial charge is 0.407 e. The normalized spacial score (nSPS) is 12.6. The van der Waals surface area contributed by atoms with Gasteiger partial charge in [-0.1, -0.05) is 78.9 Å². The largest absolute Gasteiger partial charge is 0.460 e. The number of hydrogen-bond donors (Lipinski definition) is 4. The number of benzene rings is 3. The minimum atomic E-state index is -0.863. The van der Waals surface area contributed by atoms with Crippen molar-refractivity contribution < 1.29 is 33.4 Å². The predicted octanol–water partition coefficient (Wildman–Crippen LogP) is 5.04. The lowest BCUT2D eigenvalue weighted by molar-refractivity contribution is -0.143. The van der Waals surface area contributed by atoms with Crippen molar-refractivity contribution in [1.29, 1.82) is 0 Å². The van der Waals surface area contributed by atoms with Crippen LogP contribution >= 0.6 is 0 Å². The first-order valence-electron chi connectivity index (χ1n) is 16.4. The molecule has 4 N–H and O–H groups in total. The van der Waals surface area contributed by atoms with E-state index in [9.17, 15) is 19.2 Å². The maximum absolute atomic E-state index is 13.2. The minimum absolute atomic E-state index is 0.00518. The van der Waals surface area contributed by atoms with Gasteiger partial charge in [0.25, 0.3) is 0 Å². The molecule has 0 bridgehead atoms. The summed E-state index contributed by atoms with van der Waals surface area (Å²) in [5.74, 6) is -0.892. The standard InChI is InChI=1S/C37H46N4O7/c1-37(2,3)48-35(44)40-20-12-11-19-32(34(43)39-22-21-38-23-33(42)46-24-26-13-5-4-6-14-26)41-36(45)47-25-31-29-17-9-7-15-27(29)28-16-8-10-18-30(28)31/h4-10,13-18,31-32,38H,11-12,19-25H2,1-3H3,(H,39,43)(H,40,44)(H,41,45)/t32-/m0/s1. The lowest BCUT2D eigenvalue weighted by Gasteiger charge is -2.21. The van der Waals surface area contributed by atoms with Gasteiger partial charge in [0.15, 0.2) is 0 Å². The summed E-state index contributed by atoms with van der Waals surface area (Å²) in [4.78, 5) is 50.2. The Kier molecular flexibility index (Phi) is 13.4. The quantitative estimate of drug-likeness (QED) is 0.0953. The highest BCUT2D eigenvalue weighted by Gasteiger charge is 2.30. The van der Waals surface area contributed by atoms with Crippen LogP contribution in [0.15, 0.2) is 78.9 Å². The van der Waals surface area contributed by atoms with Crippen LogP contribution in [0, 0.1) is 0 Å². The van der Waals surface area contributed by atoms with Crippen LogP contribution in [0.4, 0.5) is 9.59 Å². The number of esters is 1. The first-order valence-corrected chi connectivity index (χ1v) is 16.4. The van der Waals surface area contributed by atoms with Gasteiger partial charge >= 0.3 is 18.2 Å². The van der Waals surface area contributed by atoms with Crippen molar-refractivity contribution in [3.63, 3.8) is 0 Å². The molecular weight excluding hydrogens is 612 g/mol. The summed E-state index contributed by atoms with van der Waals surface area (Å²) in [6, 6.07) is 24.7. The van der Waals surface area contributed by atoms with Gasteiger partial charge in [-0.3, -0.25) is 9.59 Å². The fraction of sp³-hybridized carbons (Fsp3) is 0.405. The molecule has 0 unspecified atom stereocenters. The van der Waals surface area contributed by atoms with Gasteiger partial charge in [-0.25, -0.2) is 9.59 Å². The molecule has 11 nitrogen and oxygen atoms in total. The summed E-state index contributed by atoms with van der Waals surface area (Å²) in [6.07, 6.45) is 0.240. The maximum Gasteiger partial charge on any atom is 0.407 e. The number of carbonyl (C=O) groups is 4. The monoisotopic (exact) mass is 658 g/mol. The number of fused-ring (bicyclic) bond motifs is 3. The van der Waals surface area contributed by atoms with Gasteiger partial charge in [0.2, 0.25) is 5.91 Å². The fourth-order valence-corrected chi connectivity index (χ4v) is 5.41. The van der Waals surface area contributed by atoms with Crippen LogP contribution in [-0.4, -0.2) is 68.5 Å². The molecule has 1 atom stereocenters. The van der Waals surface area contributed by atoms with Gasteiger partial charge in [0.1, 0.15) is 24.9 Å². The Hall–Kier alpha value is -4.90. The summed E-state index contributed by atoms with van der Waals surface area (Å²) in [7, 11) is 0. The van der Waals surface area contributed by atoms with E-state index in [-0.39, 0.29) is 38.1 Å². The number of alkyl carbamates (subject to hydrolysis) is 2. The zero-order chi connectivity index (χ0) is 34.4. The van der Waals surface area contributed by atoms with E-state index in [0.29, 0.717) is 32.4 Å². The number of hydrogen-bond acceptors (Lipinski definition) is 8. The predicted molar refractivity (Wildman–Crippen MR) is 182 cm³/mol. The molecule has 3 aromatic rings. The molecule has 3 amide bonds. The van der Waals surface area contributed by atoms with Gasteiger partial charge in [-0.2, -0.15) is 0 Å². The Balaban J connectivity index is 1.24. The number of unbranched alkanes of at least 4 members (excludes halogenated alkanes) is 1. The third-order valence-electron chi connectivity index (χ3n) is 7.65. The number of amides is 3. The molecule has 0 heterocycles. The van der Waals surface area contributed by atoms with Crippen LogP contribution in [0.5, 0.6) is 0 Å². The molecule has 3 aromatic carbocycles. The number of carbonyl (C=O) groups excluding carboxylic acids is 4. The summed E-state index contributed by atoms with van der Waals surface area (Å²) in [5.41, 5.74) is 4.73. The van der Waals surface area contributed by atoms with E-state index in [0.717, 1.165) is 27.8 Å². The molecule has 256 valence electrons. The Morgan fingerprint density at radius 1 is 0.729 bits per heavy atom. The second kappa shape index (κ2) is 17.9. The first kappa shape index (κ1) is 35.9. The van der Waals surface area contributed by atoms with Gasteiger partial charge in [0.05, 0.1) is 6.54 Å². The first-order chi connectivity index (χ1) is 23.1. The highest BCUT2D eigenvalue weighted by Crippen LogP contribution is 2.44. The van der Waals surface area contributed by atoms with Crippen LogP contribution in [0.3, 0.4) is 0 Å². The zero-order valence-corrected chi connectivity index (χ0v) is 27.9. The summed E-state index contributed by atoms with van der Waals surface area (Å²) >= 11 is 0. The molecule has 4 rings (SSSR count). The molecule has 0 fully saturated rings. The van der Waals surface area contributed by atoms with Gasteiger partial charge in [0, 0.05) is 25.6 Å². The Bertz CT molecular complexity index is 1480. The van der Waals surface area contributed by atoms with Crippen molar-refractivity contribution in [1.82, 2.24) is 21.3 Å². The Labute approximate surface area is 282 Å². The summed E-state index contributed by atoms with van der Waals surface area (Å²) < 4.78 is 16.2. The van der Waals surface area contributed by atoms with E-state index >= 15 is 0 Å². The average molecular weight is 659 g/mol. The van der Waals surface area contributed by atoms with E-state index < -0.39 is 29.8 Å². The molecule has 0 saturated carbocycles. The van der Waals surface area contributed by atoms with Crippen molar-refractivity contribution in [2.45, 2.75) is 64.2 Å². The maximum atomic E-state index is 13.2. The van der Waals surface area contributed by atoms with E-state index in [2.05, 4.69) is 33.4 Å². The molecule has 48 heavy (non-hydrogen) atoms. The van der Waals surface area contributed by atoms with Crippen LogP contribution < -0.4 is 21.3 Å². The highest BCUT2D eigenvalue weighted by atomic mass is 16.6. The highest BCUT2D eigenvalue weighted by molar-refractivity contribution is 5.85. The van der Waals surface area contributed by atoms with Crippen molar-refractivity contribution in [2.24, 2.45) is 0 Å². The molecular formula is C37H46N4O7. The molecule has 0 aromatic heterocycles. The van der Waals surface area contributed by atoms with Crippen molar-refractivity contribution >= 4 is 24.1 Å². The summed E-state index contributed by atoms with van der Waals surface area (Å²) in [6.45, 7) is 6.59. The van der Waals surface area contributed by atoms with Crippen LogP contribution in [0.25, 0.3) is 11.1 Å². The van der Waals surface area contributed by atoms with Crippen molar-refractivity contribution in [3.8, 4) is 11.1 Å². The van der Waals surface area contributed by atoms with Crippen molar-refractivity contribution in [2.75, 3.05) is 32.8 Å². The van der Waals surface area contributed by atoms with Crippen LogP contribution in [0.1, 0.15) is 62.6 Å². The van der Waals surface area contributed by atoms with Gasteiger partial charge in [-0.15, -0.1) is 0 Å². The molecule has 0 spiro atoms. The Morgan fingerprint density at radius 2 is 1.38 bits per heavy atom. The van der Waals surface area contributed by atoms with Crippen LogP contribution in [-0.2, 0) is 30.4 Å². The van der Waals surface area contributed by atoms with E-state index in [4.69, 9.17) is 14.2 Å². The van der Waals surface area contributed by atoms with Gasteiger partial charge in [-0.05, 0) is 67.9 Å². The molecule has 0 radical (unpaired) electrons. The SMILES string of the molecule is CC(C)(C)OC(=O)NCCCC[C@H](NC(=O)OCC1c2ccccc2-c2ccccc21)C(=O)NCCNCC(=O)OCc1ccccc1. The molecule has 0 saturated heterocycles. The second-order valence-electron chi connectivity index (χ2n) is 12.6. The lowest BCUT2D eigenvalue weighted by Crippen LogP contribution is -2.48. The lowest BCUT2D eigenvalue weighted by atomic mass is 9.98. The average Bonchev–Trinajstić information content (AvgIpc) is 3.38. The second-order valence-corrected chi connectivity index (χ2v) is 12.6. The molecule has 1 aliphatic rings. The molecule has 1 aliphatic carbocycles. The third kappa shape index (κ3) is 11.4. The van der Waals surface area contributed by atoms with Gasteiger partial charge < -0.3 is 35.5 Å². The number of nitrogens with one attached hydrogen (secondary N) is 4.